The fourth-order valence-electron chi connectivity index (χ4n) is 3.23. The molecule has 0 radical (unpaired) electrons. The summed E-state index contributed by atoms with van der Waals surface area (Å²) in [7, 11) is 0. The van der Waals surface area contributed by atoms with Crippen LogP contribution in [0, 0.1) is 5.41 Å². The van der Waals surface area contributed by atoms with Crippen molar-refractivity contribution in [3.8, 4) is 0 Å². The molecule has 1 amide bonds. The molecule has 0 saturated heterocycles. The van der Waals surface area contributed by atoms with Gasteiger partial charge in [0, 0.05) is 16.5 Å². The lowest BCUT2D eigenvalue weighted by molar-refractivity contribution is -0.143. The molecule has 0 spiro atoms. The number of carbonyl (C=O) groups excluding carboxylic acids is 2. The van der Waals surface area contributed by atoms with Crippen molar-refractivity contribution in [2.45, 2.75) is 38.5 Å². The minimum Gasteiger partial charge on any atom is -0.347 e. The lowest BCUT2D eigenvalue weighted by Gasteiger charge is -2.23. The number of nitrogens with one attached hydrogen (secondary N) is 1. The van der Waals surface area contributed by atoms with E-state index in [0.717, 1.165) is 18.2 Å². The Morgan fingerprint density at radius 2 is 1.57 bits per heavy atom. The molecular formula is C24H19BrCl3F6NO2. The molecule has 1 unspecified atom stereocenters. The number of allylic oxidation sites excluding steroid dienone is 1. The summed E-state index contributed by atoms with van der Waals surface area (Å²) in [6, 6.07) is 6.27. The minimum absolute atomic E-state index is 0.0674. The fraction of sp³-hybridized carbons (Fsp3) is 0.333. The fourth-order valence-corrected chi connectivity index (χ4v) is 4.46. The van der Waals surface area contributed by atoms with Gasteiger partial charge >= 0.3 is 12.4 Å². The number of carbonyl (C=O) groups is 2. The van der Waals surface area contributed by atoms with Gasteiger partial charge in [0.2, 0.25) is 5.91 Å². The average molecular weight is 654 g/mol. The summed E-state index contributed by atoms with van der Waals surface area (Å²) in [5, 5.41) is 1.42. The SMILES string of the molecule is CC(C)(CC(=O)c1ccc(/C=C/C(c2cc(Cl)c(Cl)c(Cl)c2)C(F)(F)F)cc1Br)C(=O)NCC(F)(F)F. The van der Waals surface area contributed by atoms with E-state index in [4.69, 9.17) is 34.8 Å². The Morgan fingerprint density at radius 3 is 2.05 bits per heavy atom. The molecule has 3 nitrogen and oxygen atoms in total. The third-order valence-electron chi connectivity index (χ3n) is 5.16. The number of rotatable bonds is 8. The summed E-state index contributed by atoms with van der Waals surface area (Å²) in [5.41, 5.74) is -1.25. The molecule has 0 aliphatic carbocycles. The number of Topliss-reactive ketones (excluding diaryl/α,β-unsaturated/α-hetero) is 1. The molecule has 0 fully saturated rings. The molecule has 0 aliphatic heterocycles. The van der Waals surface area contributed by atoms with Gasteiger partial charge in [-0.1, -0.05) is 82.8 Å². The minimum atomic E-state index is -4.68. The van der Waals surface area contributed by atoms with Crippen LogP contribution < -0.4 is 5.32 Å². The quantitative estimate of drug-likeness (QED) is 0.176. The molecule has 13 heteroatoms. The molecular weight excluding hydrogens is 635 g/mol. The number of hydrogen-bond acceptors (Lipinski definition) is 2. The average Bonchev–Trinajstić information content (AvgIpc) is 2.74. The van der Waals surface area contributed by atoms with Crippen molar-refractivity contribution in [3.63, 3.8) is 0 Å². The second kappa shape index (κ2) is 12.0. The van der Waals surface area contributed by atoms with Crippen LogP contribution in [0.2, 0.25) is 15.1 Å². The first-order valence-electron chi connectivity index (χ1n) is 10.4. The lowest BCUT2D eigenvalue weighted by atomic mass is 9.84. The highest BCUT2D eigenvalue weighted by molar-refractivity contribution is 9.10. The Bertz CT molecular complexity index is 1190. The van der Waals surface area contributed by atoms with E-state index < -0.39 is 48.3 Å². The lowest BCUT2D eigenvalue weighted by Crippen LogP contribution is -2.42. The van der Waals surface area contributed by atoms with E-state index in [-0.39, 0.29) is 30.7 Å². The van der Waals surface area contributed by atoms with Gasteiger partial charge in [0.25, 0.3) is 0 Å². The molecule has 37 heavy (non-hydrogen) atoms. The van der Waals surface area contributed by atoms with Crippen LogP contribution in [-0.2, 0) is 4.79 Å². The smallest absolute Gasteiger partial charge is 0.347 e. The highest BCUT2D eigenvalue weighted by atomic mass is 79.9. The summed E-state index contributed by atoms with van der Waals surface area (Å²) in [6.45, 7) is 1.13. The van der Waals surface area contributed by atoms with Crippen LogP contribution in [-0.4, -0.2) is 30.6 Å². The zero-order chi connectivity index (χ0) is 28.3. The first-order valence-corrected chi connectivity index (χ1v) is 12.3. The van der Waals surface area contributed by atoms with Crippen molar-refractivity contribution < 1.29 is 35.9 Å². The van der Waals surface area contributed by atoms with E-state index in [1.54, 1.807) is 5.32 Å². The first-order chi connectivity index (χ1) is 16.8. The van der Waals surface area contributed by atoms with Crippen LogP contribution in [0.5, 0.6) is 0 Å². The Morgan fingerprint density at radius 1 is 1.00 bits per heavy atom. The number of alkyl halides is 6. The van der Waals surface area contributed by atoms with Gasteiger partial charge in [-0.15, -0.1) is 0 Å². The molecule has 1 atom stereocenters. The van der Waals surface area contributed by atoms with E-state index in [0.29, 0.717) is 5.56 Å². The molecule has 2 rings (SSSR count). The van der Waals surface area contributed by atoms with E-state index in [1.807, 2.05) is 0 Å². The van der Waals surface area contributed by atoms with Gasteiger partial charge in [0.05, 0.1) is 26.4 Å². The van der Waals surface area contributed by atoms with Crippen molar-refractivity contribution >= 4 is 68.5 Å². The molecule has 0 saturated carbocycles. The van der Waals surface area contributed by atoms with Crippen molar-refractivity contribution in [3.05, 3.63) is 72.6 Å². The first kappa shape index (κ1) is 31.5. The third kappa shape index (κ3) is 8.90. The number of ketones is 1. The predicted octanol–water partition coefficient (Wildman–Crippen LogP) is 9.05. The molecule has 1 N–H and O–H groups in total. The zero-order valence-electron chi connectivity index (χ0n) is 19.1. The zero-order valence-corrected chi connectivity index (χ0v) is 23.0. The monoisotopic (exact) mass is 651 g/mol. The number of halogens is 10. The number of benzene rings is 2. The largest absolute Gasteiger partial charge is 0.405 e. The van der Waals surface area contributed by atoms with Gasteiger partial charge in [-0.2, -0.15) is 26.3 Å². The van der Waals surface area contributed by atoms with E-state index in [2.05, 4.69) is 15.9 Å². The van der Waals surface area contributed by atoms with Crippen LogP contribution in [0.1, 0.15) is 47.7 Å². The van der Waals surface area contributed by atoms with Crippen LogP contribution in [0.25, 0.3) is 6.08 Å². The van der Waals surface area contributed by atoms with E-state index >= 15 is 0 Å². The van der Waals surface area contributed by atoms with Crippen LogP contribution >= 0.6 is 50.7 Å². The predicted molar refractivity (Wildman–Crippen MR) is 135 cm³/mol. The summed E-state index contributed by atoms with van der Waals surface area (Å²) in [6.07, 6.45) is -7.59. The Balaban J connectivity index is 2.24. The maximum absolute atomic E-state index is 13.7. The molecule has 0 bridgehead atoms. The number of hydrogen-bond donors (Lipinski definition) is 1. The van der Waals surface area contributed by atoms with Crippen molar-refractivity contribution in [2.75, 3.05) is 6.54 Å². The van der Waals surface area contributed by atoms with E-state index in [9.17, 15) is 35.9 Å². The second-order valence-corrected chi connectivity index (χ2v) is 10.7. The summed E-state index contributed by atoms with van der Waals surface area (Å²) >= 11 is 20.8. The highest BCUT2D eigenvalue weighted by Gasteiger charge is 2.39. The summed E-state index contributed by atoms with van der Waals surface area (Å²) < 4.78 is 78.6. The van der Waals surface area contributed by atoms with Crippen molar-refractivity contribution in [1.29, 1.82) is 0 Å². The van der Waals surface area contributed by atoms with Crippen LogP contribution in [0.3, 0.4) is 0 Å². The van der Waals surface area contributed by atoms with Crippen molar-refractivity contribution in [2.24, 2.45) is 5.41 Å². The molecule has 0 heterocycles. The Hall–Kier alpha value is -1.75. The number of amides is 1. The maximum Gasteiger partial charge on any atom is 0.405 e. The second-order valence-electron chi connectivity index (χ2n) is 8.70. The van der Waals surface area contributed by atoms with Crippen LogP contribution in [0.15, 0.2) is 40.9 Å². The summed E-state index contributed by atoms with van der Waals surface area (Å²) in [5.74, 6) is -3.56. The standard InChI is InChI=1S/C24H19BrCl3F6NO2/c1-22(2,21(37)35-11-23(29,30)31)10-19(36)14-5-3-12(7-16(14)25)4-6-15(24(32,33)34)13-8-17(26)20(28)18(27)9-13/h3-9,15H,10-11H2,1-2H3,(H,35,37)/b6-4+. The molecule has 0 aliphatic rings. The highest BCUT2D eigenvalue weighted by Crippen LogP contribution is 2.41. The van der Waals surface area contributed by atoms with Gasteiger partial charge in [-0.25, -0.2) is 0 Å². The Labute approximate surface area is 232 Å². The van der Waals surface area contributed by atoms with Crippen LogP contribution in [0.4, 0.5) is 26.3 Å². The van der Waals surface area contributed by atoms with Gasteiger partial charge in [0.1, 0.15) is 6.54 Å². The van der Waals surface area contributed by atoms with Gasteiger partial charge in [-0.3, -0.25) is 9.59 Å². The van der Waals surface area contributed by atoms with E-state index in [1.165, 1.54) is 38.1 Å². The topological polar surface area (TPSA) is 46.2 Å². The summed E-state index contributed by atoms with van der Waals surface area (Å²) in [4.78, 5) is 24.9. The maximum atomic E-state index is 13.7. The van der Waals surface area contributed by atoms with Gasteiger partial charge < -0.3 is 5.32 Å². The molecule has 0 aromatic heterocycles. The molecule has 202 valence electrons. The van der Waals surface area contributed by atoms with Gasteiger partial charge in [0.15, 0.2) is 5.78 Å². The molecule has 2 aromatic carbocycles. The third-order valence-corrected chi connectivity index (χ3v) is 7.01. The molecule has 2 aromatic rings. The van der Waals surface area contributed by atoms with Crippen molar-refractivity contribution in [1.82, 2.24) is 5.32 Å². The van der Waals surface area contributed by atoms with Gasteiger partial charge in [-0.05, 0) is 35.4 Å². The Kier molecular flexibility index (Phi) is 10.2. The normalized spacial score (nSPS) is 13.6.